The Morgan fingerprint density at radius 3 is 1.49 bits per heavy atom. The van der Waals surface area contributed by atoms with E-state index in [1.165, 1.54) is 4.90 Å². The molecule has 3 aliphatic rings. The van der Waals surface area contributed by atoms with Gasteiger partial charge >= 0.3 is 0 Å². The number of para-hydroxylation sites is 1. The Labute approximate surface area is 287 Å². The van der Waals surface area contributed by atoms with Crippen LogP contribution in [0.3, 0.4) is 0 Å². The number of likely N-dealkylation sites (tertiary alicyclic amines) is 1. The van der Waals surface area contributed by atoms with Crippen molar-refractivity contribution in [2.75, 3.05) is 4.90 Å². The lowest BCUT2D eigenvalue weighted by Crippen LogP contribution is -2.62. The molecule has 0 unspecified atom stereocenters. The van der Waals surface area contributed by atoms with Gasteiger partial charge in [-0.25, -0.2) is 0 Å². The van der Waals surface area contributed by atoms with Crippen LogP contribution in [0.25, 0.3) is 0 Å². The highest BCUT2D eigenvalue weighted by Gasteiger charge is 2.67. The first-order valence-electron chi connectivity index (χ1n) is 17.1. The number of hydrogen-bond acceptors (Lipinski definition) is 3. The van der Waals surface area contributed by atoms with Gasteiger partial charge in [0.05, 0.1) is 17.5 Å². The molecule has 0 radical (unpaired) electrons. The molecule has 8 rings (SSSR count). The average Bonchev–Trinajstić information content (AvgIpc) is 3.41. The SMILES string of the molecule is CC(C)N1C(=O)C(c2ccccc2)(c2ccccc2)[C@H](c2ccccc2)[C@@H]2C1=C[C@H](c1ccccc1)[C@H]1C(=O)N(c3ccccc3)C(=O)[C@@H]21. The van der Waals surface area contributed by atoms with E-state index in [1.807, 2.05) is 158 Å². The summed E-state index contributed by atoms with van der Waals surface area (Å²) in [7, 11) is 0. The highest BCUT2D eigenvalue weighted by atomic mass is 16.2. The van der Waals surface area contributed by atoms with Crippen molar-refractivity contribution in [2.45, 2.75) is 37.1 Å². The number of anilines is 1. The van der Waals surface area contributed by atoms with Gasteiger partial charge in [0, 0.05) is 29.5 Å². The van der Waals surface area contributed by atoms with Crippen molar-refractivity contribution in [1.29, 1.82) is 0 Å². The van der Waals surface area contributed by atoms with Crippen LogP contribution in [0.2, 0.25) is 0 Å². The molecule has 5 aromatic rings. The van der Waals surface area contributed by atoms with Crippen LogP contribution in [-0.4, -0.2) is 28.7 Å². The Morgan fingerprint density at radius 2 is 0.980 bits per heavy atom. The largest absolute Gasteiger partial charge is 0.313 e. The van der Waals surface area contributed by atoms with E-state index in [-0.39, 0.29) is 23.8 Å². The third-order valence-corrected chi connectivity index (χ3v) is 10.9. The van der Waals surface area contributed by atoms with Gasteiger partial charge in [-0.1, -0.05) is 146 Å². The number of amides is 3. The first-order chi connectivity index (χ1) is 23.9. The van der Waals surface area contributed by atoms with Crippen LogP contribution in [-0.2, 0) is 19.8 Å². The molecule has 0 saturated carbocycles. The topological polar surface area (TPSA) is 57.7 Å². The van der Waals surface area contributed by atoms with Gasteiger partial charge < -0.3 is 4.90 Å². The number of hydrogen-bond donors (Lipinski definition) is 0. The predicted molar refractivity (Wildman–Crippen MR) is 191 cm³/mol. The summed E-state index contributed by atoms with van der Waals surface area (Å²) in [5, 5.41) is 0. The highest BCUT2D eigenvalue weighted by molar-refractivity contribution is 6.23. The van der Waals surface area contributed by atoms with Crippen molar-refractivity contribution in [3.8, 4) is 0 Å². The van der Waals surface area contributed by atoms with E-state index < -0.39 is 35.0 Å². The van der Waals surface area contributed by atoms with Gasteiger partial charge in [0.25, 0.3) is 0 Å². The summed E-state index contributed by atoms with van der Waals surface area (Å²) in [6.45, 7) is 4.09. The number of rotatable bonds is 6. The zero-order valence-electron chi connectivity index (χ0n) is 27.6. The molecule has 1 aliphatic carbocycles. The fourth-order valence-corrected chi connectivity index (χ4v) is 9.01. The maximum absolute atomic E-state index is 15.8. The van der Waals surface area contributed by atoms with Gasteiger partial charge in [-0.3, -0.25) is 19.3 Å². The van der Waals surface area contributed by atoms with E-state index in [4.69, 9.17) is 0 Å². The molecule has 0 N–H and O–H groups in total. The zero-order valence-corrected chi connectivity index (χ0v) is 27.6. The van der Waals surface area contributed by atoms with Crippen molar-refractivity contribution < 1.29 is 14.4 Å². The molecule has 2 heterocycles. The molecule has 0 bridgehead atoms. The summed E-state index contributed by atoms with van der Waals surface area (Å²) in [4.78, 5) is 49.2. The van der Waals surface area contributed by atoms with Crippen molar-refractivity contribution in [1.82, 2.24) is 4.90 Å². The van der Waals surface area contributed by atoms with Gasteiger partial charge in [0.1, 0.15) is 5.41 Å². The molecule has 2 saturated heterocycles. The molecule has 5 heteroatoms. The minimum atomic E-state index is -1.19. The number of carbonyl (C=O) groups excluding carboxylic acids is 3. The Bertz CT molecular complexity index is 1990. The molecule has 5 aromatic carbocycles. The monoisotopic (exact) mass is 642 g/mol. The maximum Gasteiger partial charge on any atom is 0.242 e. The lowest BCUT2D eigenvalue weighted by molar-refractivity contribution is -0.144. The second kappa shape index (κ2) is 12.2. The smallest absolute Gasteiger partial charge is 0.242 e. The van der Waals surface area contributed by atoms with E-state index in [2.05, 4.69) is 18.2 Å². The molecular weight excluding hydrogens is 604 g/mol. The lowest BCUT2D eigenvalue weighted by Gasteiger charge is -2.57. The standard InChI is InChI=1S/C44H38N2O3/c1-29(2)45-36-28-35(30-18-8-3-9-19-30)37-39(42(48)46(41(37)47)34-26-16-7-17-27-34)38(36)40(31-20-10-4-11-21-31)44(43(45)49,32-22-12-5-13-23-32)33-24-14-6-15-25-33/h3-29,35,37-40H,1-2H3/t35-,37-,38-,39-,40-/m1/s1. The zero-order chi connectivity index (χ0) is 33.7. The number of carbonyl (C=O) groups is 3. The van der Waals surface area contributed by atoms with Gasteiger partial charge in [-0.15, -0.1) is 0 Å². The maximum atomic E-state index is 15.8. The Hall–Kier alpha value is -5.55. The molecule has 5 atom stereocenters. The Morgan fingerprint density at radius 1 is 0.531 bits per heavy atom. The minimum Gasteiger partial charge on any atom is -0.313 e. The Kier molecular flexibility index (Phi) is 7.63. The average molecular weight is 643 g/mol. The molecule has 5 nitrogen and oxygen atoms in total. The van der Waals surface area contributed by atoms with E-state index in [1.54, 1.807) is 0 Å². The van der Waals surface area contributed by atoms with Crippen LogP contribution in [0, 0.1) is 17.8 Å². The number of piperidine rings is 1. The fourth-order valence-electron chi connectivity index (χ4n) is 9.01. The van der Waals surface area contributed by atoms with E-state index >= 15 is 9.59 Å². The number of imide groups is 1. The van der Waals surface area contributed by atoms with Crippen molar-refractivity contribution >= 4 is 23.4 Å². The van der Waals surface area contributed by atoms with Crippen molar-refractivity contribution in [3.63, 3.8) is 0 Å². The van der Waals surface area contributed by atoms with E-state index in [9.17, 15) is 4.79 Å². The van der Waals surface area contributed by atoms with Gasteiger partial charge in [0.15, 0.2) is 0 Å². The molecule has 0 aromatic heterocycles. The molecule has 3 amide bonds. The third kappa shape index (κ3) is 4.63. The fraction of sp³-hybridized carbons (Fsp3) is 0.205. The van der Waals surface area contributed by atoms with Crippen molar-refractivity contribution in [2.24, 2.45) is 17.8 Å². The minimum absolute atomic E-state index is 0.0294. The van der Waals surface area contributed by atoms with Crippen LogP contribution >= 0.6 is 0 Å². The first kappa shape index (κ1) is 30.8. The van der Waals surface area contributed by atoms with Crippen LogP contribution < -0.4 is 4.90 Å². The number of fused-ring (bicyclic) bond motifs is 3. The van der Waals surface area contributed by atoms with E-state index in [0.717, 1.165) is 28.0 Å². The van der Waals surface area contributed by atoms with E-state index in [0.29, 0.717) is 5.69 Å². The van der Waals surface area contributed by atoms with Crippen LogP contribution in [0.4, 0.5) is 5.69 Å². The second-order valence-corrected chi connectivity index (χ2v) is 13.7. The molecule has 2 aliphatic heterocycles. The summed E-state index contributed by atoms with van der Waals surface area (Å²) in [6.07, 6.45) is 2.15. The normalized spacial score (nSPS) is 24.4. The molecule has 2 fully saturated rings. The quantitative estimate of drug-likeness (QED) is 0.176. The first-order valence-corrected chi connectivity index (χ1v) is 17.1. The van der Waals surface area contributed by atoms with Crippen LogP contribution in [0.15, 0.2) is 163 Å². The summed E-state index contributed by atoms with van der Waals surface area (Å²) < 4.78 is 0. The summed E-state index contributed by atoms with van der Waals surface area (Å²) in [6, 6.07) is 49.2. The van der Waals surface area contributed by atoms with Gasteiger partial charge in [0.2, 0.25) is 17.7 Å². The third-order valence-electron chi connectivity index (χ3n) is 10.9. The predicted octanol–water partition coefficient (Wildman–Crippen LogP) is 8.11. The second-order valence-electron chi connectivity index (χ2n) is 13.7. The summed E-state index contributed by atoms with van der Waals surface area (Å²) in [5.74, 6) is -3.19. The van der Waals surface area contributed by atoms with Gasteiger partial charge in [-0.2, -0.15) is 0 Å². The number of allylic oxidation sites excluding steroid dienone is 2. The van der Waals surface area contributed by atoms with Gasteiger partial charge in [-0.05, 0) is 48.2 Å². The lowest BCUT2D eigenvalue weighted by atomic mass is 9.51. The highest BCUT2D eigenvalue weighted by Crippen LogP contribution is 2.63. The van der Waals surface area contributed by atoms with Crippen molar-refractivity contribution in [3.05, 3.63) is 186 Å². The number of nitrogens with zero attached hydrogens (tertiary/aromatic N) is 2. The number of benzene rings is 5. The Balaban J connectivity index is 1.48. The summed E-state index contributed by atoms with van der Waals surface area (Å²) in [5.41, 5.74) is 3.84. The molecular formula is C44H38N2O3. The van der Waals surface area contributed by atoms with Crippen LogP contribution in [0.5, 0.6) is 0 Å². The molecule has 0 spiro atoms. The molecule has 242 valence electrons. The van der Waals surface area contributed by atoms with Crippen LogP contribution in [0.1, 0.15) is 47.9 Å². The molecule has 49 heavy (non-hydrogen) atoms. The summed E-state index contributed by atoms with van der Waals surface area (Å²) >= 11 is 0.